The number of halogens is 2. The van der Waals surface area contributed by atoms with Gasteiger partial charge in [-0.25, -0.2) is 5.43 Å². The van der Waals surface area contributed by atoms with E-state index >= 15 is 0 Å². The highest BCUT2D eigenvalue weighted by Gasteiger charge is 2.15. The van der Waals surface area contributed by atoms with Gasteiger partial charge in [0.05, 0.1) is 28.4 Å². The number of phenolic OH excluding ortho intramolecular Hbond substituents is 1. The smallest absolute Gasteiger partial charge is 0.277 e. The molecule has 2 aromatic carbocycles. The molecule has 0 fully saturated rings. The number of hydrazone groups is 1. The number of nitrogens with zero attached hydrogens (tertiary/aromatic N) is 1. The molecule has 0 aliphatic rings. The van der Waals surface area contributed by atoms with Crippen LogP contribution in [0.15, 0.2) is 35.4 Å². The van der Waals surface area contributed by atoms with Crippen LogP contribution in [0.1, 0.15) is 44.2 Å². The van der Waals surface area contributed by atoms with E-state index in [2.05, 4.69) is 24.4 Å². The second kappa shape index (κ2) is 10.9. The standard InChI is InChI=1S/C21H24Cl2N2O4/c1-4-13(3)14-6-8-15(9-7-14)29-12-19(26)25-24-11-16-20(23)17(22)10-18(21(16)27)28-5-2/h6-11,13,27H,4-5,12H2,1-3H3,(H,25,26)/b24-11+/t13-/m1/s1. The molecule has 1 amide bonds. The fourth-order valence-corrected chi connectivity index (χ4v) is 2.87. The topological polar surface area (TPSA) is 80.2 Å². The van der Waals surface area contributed by atoms with E-state index in [1.54, 1.807) is 6.92 Å². The van der Waals surface area contributed by atoms with Gasteiger partial charge in [0.1, 0.15) is 5.75 Å². The summed E-state index contributed by atoms with van der Waals surface area (Å²) in [5.74, 6) is 0.568. The summed E-state index contributed by atoms with van der Waals surface area (Å²) in [6.45, 7) is 6.19. The second-order valence-electron chi connectivity index (χ2n) is 6.33. The summed E-state index contributed by atoms with van der Waals surface area (Å²) in [5.41, 5.74) is 3.68. The molecule has 0 bridgehead atoms. The zero-order valence-electron chi connectivity index (χ0n) is 16.5. The fourth-order valence-electron chi connectivity index (χ4n) is 2.47. The maximum absolute atomic E-state index is 11.9. The van der Waals surface area contributed by atoms with Gasteiger partial charge in [0.2, 0.25) is 0 Å². The number of hydrogen-bond acceptors (Lipinski definition) is 5. The van der Waals surface area contributed by atoms with E-state index < -0.39 is 5.91 Å². The lowest BCUT2D eigenvalue weighted by molar-refractivity contribution is -0.123. The van der Waals surface area contributed by atoms with Crippen LogP contribution < -0.4 is 14.9 Å². The van der Waals surface area contributed by atoms with Crippen LogP contribution in [-0.4, -0.2) is 30.4 Å². The second-order valence-corrected chi connectivity index (χ2v) is 7.11. The molecular formula is C21H24Cl2N2O4. The van der Waals surface area contributed by atoms with Gasteiger partial charge in [-0.2, -0.15) is 5.10 Å². The van der Waals surface area contributed by atoms with Gasteiger partial charge in [-0.05, 0) is 37.0 Å². The maximum atomic E-state index is 11.9. The van der Waals surface area contributed by atoms with E-state index in [9.17, 15) is 9.90 Å². The molecule has 0 heterocycles. The van der Waals surface area contributed by atoms with E-state index in [1.807, 2.05) is 24.3 Å². The lowest BCUT2D eigenvalue weighted by Crippen LogP contribution is -2.24. The van der Waals surface area contributed by atoms with Gasteiger partial charge < -0.3 is 14.6 Å². The van der Waals surface area contributed by atoms with Crippen molar-refractivity contribution in [1.82, 2.24) is 5.43 Å². The first-order valence-corrected chi connectivity index (χ1v) is 10.0. The third-order valence-corrected chi connectivity index (χ3v) is 5.11. The van der Waals surface area contributed by atoms with E-state index in [0.717, 1.165) is 6.42 Å². The fraction of sp³-hybridized carbons (Fsp3) is 0.333. The Labute approximate surface area is 180 Å². The van der Waals surface area contributed by atoms with Crippen molar-refractivity contribution in [2.75, 3.05) is 13.2 Å². The zero-order chi connectivity index (χ0) is 21.4. The highest BCUT2D eigenvalue weighted by molar-refractivity contribution is 6.43. The summed E-state index contributed by atoms with van der Waals surface area (Å²) in [4.78, 5) is 11.9. The van der Waals surface area contributed by atoms with Crippen LogP contribution in [-0.2, 0) is 4.79 Å². The van der Waals surface area contributed by atoms with Crippen LogP contribution in [0.5, 0.6) is 17.2 Å². The van der Waals surface area contributed by atoms with Crippen LogP contribution in [0.4, 0.5) is 0 Å². The summed E-state index contributed by atoms with van der Waals surface area (Å²) in [5, 5.41) is 14.3. The van der Waals surface area contributed by atoms with E-state index in [4.69, 9.17) is 32.7 Å². The molecule has 29 heavy (non-hydrogen) atoms. The monoisotopic (exact) mass is 438 g/mol. The predicted octanol–water partition coefficient (Wildman–Crippen LogP) is 5.14. The number of hydrogen-bond donors (Lipinski definition) is 2. The molecule has 1 atom stereocenters. The number of carbonyl (C=O) groups excluding carboxylic acids is 1. The summed E-state index contributed by atoms with van der Waals surface area (Å²) < 4.78 is 10.8. The van der Waals surface area contributed by atoms with E-state index in [1.165, 1.54) is 17.8 Å². The minimum absolute atomic E-state index is 0.100. The Morgan fingerprint density at radius 3 is 2.55 bits per heavy atom. The predicted molar refractivity (Wildman–Crippen MR) is 116 cm³/mol. The summed E-state index contributed by atoms with van der Waals surface area (Å²) >= 11 is 12.1. The Morgan fingerprint density at radius 1 is 1.24 bits per heavy atom. The quantitative estimate of drug-likeness (QED) is 0.419. The number of amides is 1. The third-order valence-electron chi connectivity index (χ3n) is 4.31. The number of benzene rings is 2. The van der Waals surface area contributed by atoms with Gasteiger partial charge >= 0.3 is 0 Å². The summed E-state index contributed by atoms with van der Waals surface area (Å²) in [7, 11) is 0. The van der Waals surface area contributed by atoms with Crippen molar-refractivity contribution in [3.63, 3.8) is 0 Å². The molecular weight excluding hydrogens is 415 g/mol. The first-order chi connectivity index (χ1) is 13.9. The number of aromatic hydroxyl groups is 1. The minimum Gasteiger partial charge on any atom is -0.504 e. The molecule has 0 unspecified atom stereocenters. The largest absolute Gasteiger partial charge is 0.504 e. The normalized spacial score (nSPS) is 12.0. The molecule has 0 saturated carbocycles. The van der Waals surface area contributed by atoms with Crippen LogP contribution >= 0.6 is 23.2 Å². The maximum Gasteiger partial charge on any atom is 0.277 e. The van der Waals surface area contributed by atoms with Gasteiger partial charge in [-0.1, -0.05) is 49.2 Å². The summed E-state index contributed by atoms with van der Waals surface area (Å²) in [6, 6.07) is 9.05. The van der Waals surface area contributed by atoms with Crippen LogP contribution in [0.2, 0.25) is 10.0 Å². The molecule has 0 saturated heterocycles. The van der Waals surface area contributed by atoms with Gasteiger partial charge in [0.15, 0.2) is 18.1 Å². The van der Waals surface area contributed by atoms with Crippen molar-refractivity contribution < 1.29 is 19.4 Å². The molecule has 0 aromatic heterocycles. The SMILES string of the molecule is CCOc1cc(Cl)c(Cl)c(/C=N/NC(=O)COc2ccc([C@H](C)CC)cc2)c1O. The third kappa shape index (κ3) is 6.27. The molecule has 0 radical (unpaired) electrons. The van der Waals surface area contributed by atoms with Crippen molar-refractivity contribution in [2.45, 2.75) is 33.1 Å². The number of carbonyl (C=O) groups is 1. The van der Waals surface area contributed by atoms with Crippen molar-refractivity contribution in [3.8, 4) is 17.2 Å². The van der Waals surface area contributed by atoms with Crippen LogP contribution in [0, 0.1) is 0 Å². The molecule has 2 rings (SSSR count). The number of rotatable bonds is 9. The molecule has 2 aromatic rings. The average Bonchev–Trinajstić information content (AvgIpc) is 2.72. The van der Waals surface area contributed by atoms with Gasteiger partial charge in [0, 0.05) is 6.07 Å². The first-order valence-electron chi connectivity index (χ1n) is 9.25. The van der Waals surface area contributed by atoms with Gasteiger partial charge in [-0.3, -0.25) is 4.79 Å². The van der Waals surface area contributed by atoms with E-state index in [0.29, 0.717) is 18.3 Å². The van der Waals surface area contributed by atoms with Crippen molar-refractivity contribution >= 4 is 35.3 Å². The lowest BCUT2D eigenvalue weighted by atomic mass is 9.99. The zero-order valence-corrected chi connectivity index (χ0v) is 18.0. The Morgan fingerprint density at radius 2 is 1.93 bits per heavy atom. The van der Waals surface area contributed by atoms with Crippen molar-refractivity contribution in [1.29, 1.82) is 0 Å². The Bertz CT molecular complexity index is 870. The highest BCUT2D eigenvalue weighted by Crippen LogP contribution is 2.39. The van der Waals surface area contributed by atoms with Crippen molar-refractivity contribution in [2.24, 2.45) is 5.10 Å². The average molecular weight is 439 g/mol. The molecule has 0 aliphatic carbocycles. The molecule has 8 heteroatoms. The summed E-state index contributed by atoms with van der Waals surface area (Å²) in [6.07, 6.45) is 2.25. The Hall–Kier alpha value is -2.44. The van der Waals surface area contributed by atoms with Gasteiger partial charge in [-0.15, -0.1) is 0 Å². The molecule has 6 nitrogen and oxygen atoms in total. The van der Waals surface area contributed by atoms with Gasteiger partial charge in [0.25, 0.3) is 5.91 Å². The minimum atomic E-state index is -0.463. The molecule has 156 valence electrons. The Kier molecular flexibility index (Phi) is 8.61. The van der Waals surface area contributed by atoms with Crippen LogP contribution in [0.25, 0.3) is 0 Å². The van der Waals surface area contributed by atoms with Crippen LogP contribution in [0.3, 0.4) is 0 Å². The van der Waals surface area contributed by atoms with E-state index in [-0.39, 0.29) is 33.7 Å². The molecule has 0 aliphatic heterocycles. The number of nitrogens with one attached hydrogen (secondary N) is 1. The molecule has 2 N–H and O–H groups in total. The Balaban J connectivity index is 1.95. The van der Waals surface area contributed by atoms with Crippen molar-refractivity contribution in [3.05, 3.63) is 51.5 Å². The molecule has 0 spiro atoms. The lowest BCUT2D eigenvalue weighted by Gasteiger charge is -2.11. The number of ether oxygens (including phenoxy) is 2. The highest BCUT2D eigenvalue weighted by atomic mass is 35.5. The number of phenols is 1. The first kappa shape index (κ1) is 22.8.